The molecule has 0 aliphatic heterocycles. The highest BCUT2D eigenvalue weighted by Crippen LogP contribution is 2.25. The van der Waals surface area contributed by atoms with Gasteiger partial charge in [-0.25, -0.2) is 9.38 Å². The van der Waals surface area contributed by atoms with Crippen molar-refractivity contribution < 1.29 is 13.9 Å². The summed E-state index contributed by atoms with van der Waals surface area (Å²) in [6.45, 7) is 0. The Kier molecular flexibility index (Phi) is 5.39. The Labute approximate surface area is 150 Å². The zero-order valence-corrected chi connectivity index (χ0v) is 13.9. The van der Waals surface area contributed by atoms with Gasteiger partial charge in [-0.1, -0.05) is 24.3 Å². The molecule has 3 aromatic carbocycles. The van der Waals surface area contributed by atoms with Gasteiger partial charge in [0.15, 0.2) is 5.78 Å². The Hall–Kier alpha value is -3.47. The number of halogens is 1. The number of carbonyl (C=O) groups is 1. The molecule has 0 saturated heterocycles. The highest BCUT2D eigenvalue weighted by Gasteiger charge is 2.08. The number of aliphatic imine (C=N–C) groups is 1. The van der Waals surface area contributed by atoms with Crippen LogP contribution >= 0.6 is 0 Å². The van der Waals surface area contributed by atoms with Crippen LogP contribution in [0.3, 0.4) is 0 Å². The van der Waals surface area contributed by atoms with E-state index in [0.717, 1.165) is 0 Å². The topological polar surface area (TPSA) is 64.7 Å². The molecule has 3 rings (SSSR count). The number of rotatable bonds is 6. The highest BCUT2D eigenvalue weighted by molar-refractivity contribution is 6.09. The lowest BCUT2D eigenvalue weighted by molar-refractivity contribution is 0.100. The molecular weight excluding hydrogens is 331 g/mol. The molecule has 0 aliphatic rings. The predicted molar refractivity (Wildman–Crippen MR) is 99.6 cm³/mol. The first-order valence-electron chi connectivity index (χ1n) is 8.05. The average molecular weight is 348 g/mol. The molecule has 0 atom stereocenters. The summed E-state index contributed by atoms with van der Waals surface area (Å²) in [5.41, 5.74) is 6.87. The summed E-state index contributed by atoms with van der Waals surface area (Å²) in [6.07, 6.45) is -0.0462. The molecule has 0 radical (unpaired) electrons. The van der Waals surface area contributed by atoms with Gasteiger partial charge in [-0.3, -0.25) is 4.79 Å². The average Bonchev–Trinajstić information content (AvgIpc) is 2.63. The molecule has 0 aliphatic carbocycles. The summed E-state index contributed by atoms with van der Waals surface area (Å²) in [5.74, 6) is 0.903. The fraction of sp³-hybridized carbons (Fsp3) is 0.0476. The Morgan fingerprint density at radius 2 is 1.62 bits per heavy atom. The van der Waals surface area contributed by atoms with Gasteiger partial charge >= 0.3 is 0 Å². The number of hydrogen-bond donors (Lipinski definition) is 1. The molecule has 0 spiro atoms. The van der Waals surface area contributed by atoms with E-state index >= 15 is 0 Å². The number of nitrogens with two attached hydrogens (primary N) is 1. The molecule has 4 nitrogen and oxygen atoms in total. The van der Waals surface area contributed by atoms with Crippen LogP contribution < -0.4 is 10.5 Å². The van der Waals surface area contributed by atoms with Crippen LogP contribution in [0.2, 0.25) is 0 Å². The van der Waals surface area contributed by atoms with Crippen LogP contribution in [0.1, 0.15) is 16.8 Å². The lowest BCUT2D eigenvalue weighted by Crippen LogP contribution is -2.16. The second-order valence-corrected chi connectivity index (χ2v) is 5.62. The van der Waals surface area contributed by atoms with Gasteiger partial charge in [0, 0.05) is 11.6 Å². The van der Waals surface area contributed by atoms with E-state index in [4.69, 9.17) is 10.5 Å². The lowest BCUT2D eigenvalue weighted by atomic mass is 10.1. The zero-order chi connectivity index (χ0) is 18.4. The number of nitrogens with zero attached hydrogens (tertiary/aromatic N) is 1. The van der Waals surface area contributed by atoms with Crippen molar-refractivity contribution in [2.45, 2.75) is 6.42 Å². The second kappa shape index (κ2) is 8.07. The van der Waals surface area contributed by atoms with Crippen molar-refractivity contribution in [3.8, 4) is 11.5 Å². The molecular formula is C21H17FN2O2. The Balaban J connectivity index is 1.69. The zero-order valence-electron chi connectivity index (χ0n) is 13.9. The third-order valence-electron chi connectivity index (χ3n) is 3.58. The predicted octanol–water partition coefficient (Wildman–Crippen LogP) is 4.88. The van der Waals surface area contributed by atoms with E-state index in [-0.39, 0.29) is 18.0 Å². The SMILES string of the molecule is NC(CC(=O)c1ccc(F)cc1)=Nc1cccc(Oc2ccccc2)c1. The van der Waals surface area contributed by atoms with Gasteiger partial charge in [0.1, 0.15) is 23.2 Å². The minimum atomic E-state index is -0.390. The third kappa shape index (κ3) is 4.77. The minimum absolute atomic E-state index is 0.0462. The second-order valence-electron chi connectivity index (χ2n) is 5.62. The van der Waals surface area contributed by atoms with Crippen LogP contribution in [-0.2, 0) is 0 Å². The molecule has 130 valence electrons. The van der Waals surface area contributed by atoms with Crippen molar-refractivity contribution in [3.63, 3.8) is 0 Å². The van der Waals surface area contributed by atoms with E-state index in [0.29, 0.717) is 22.7 Å². The van der Waals surface area contributed by atoms with Crippen molar-refractivity contribution in [3.05, 3.63) is 90.2 Å². The molecule has 0 fully saturated rings. The fourth-order valence-corrected chi connectivity index (χ4v) is 2.35. The molecule has 0 unspecified atom stereocenters. The van der Waals surface area contributed by atoms with E-state index < -0.39 is 5.82 Å². The monoisotopic (exact) mass is 348 g/mol. The maximum Gasteiger partial charge on any atom is 0.170 e. The molecule has 0 aromatic heterocycles. The van der Waals surface area contributed by atoms with Crippen LogP contribution in [0, 0.1) is 5.82 Å². The number of ketones is 1. The van der Waals surface area contributed by atoms with Crippen molar-refractivity contribution in [1.29, 1.82) is 0 Å². The maximum atomic E-state index is 12.9. The normalized spacial score (nSPS) is 11.2. The number of amidine groups is 1. The summed E-state index contributed by atoms with van der Waals surface area (Å²) < 4.78 is 18.7. The Bertz CT molecular complexity index is 922. The molecule has 5 heteroatoms. The van der Waals surface area contributed by atoms with Crippen LogP contribution in [0.15, 0.2) is 83.9 Å². The summed E-state index contributed by atoms with van der Waals surface area (Å²) >= 11 is 0. The van der Waals surface area contributed by atoms with E-state index in [1.807, 2.05) is 36.4 Å². The summed E-state index contributed by atoms with van der Waals surface area (Å²) in [5, 5.41) is 0. The van der Waals surface area contributed by atoms with Crippen molar-refractivity contribution in [2.75, 3.05) is 0 Å². The number of para-hydroxylation sites is 1. The van der Waals surface area contributed by atoms with Crippen LogP contribution in [0.25, 0.3) is 0 Å². The minimum Gasteiger partial charge on any atom is -0.457 e. The highest BCUT2D eigenvalue weighted by atomic mass is 19.1. The molecule has 3 aromatic rings. The Morgan fingerprint density at radius 3 is 2.35 bits per heavy atom. The number of ether oxygens (including phenoxy) is 1. The van der Waals surface area contributed by atoms with Gasteiger partial charge in [-0.15, -0.1) is 0 Å². The van der Waals surface area contributed by atoms with Gasteiger partial charge in [0.25, 0.3) is 0 Å². The summed E-state index contributed by atoms with van der Waals surface area (Å²) in [7, 11) is 0. The maximum absolute atomic E-state index is 12.9. The molecule has 26 heavy (non-hydrogen) atoms. The van der Waals surface area contributed by atoms with Crippen molar-refractivity contribution >= 4 is 17.3 Å². The number of hydrogen-bond acceptors (Lipinski definition) is 3. The van der Waals surface area contributed by atoms with E-state index in [1.54, 1.807) is 18.2 Å². The van der Waals surface area contributed by atoms with E-state index in [1.165, 1.54) is 24.3 Å². The molecule has 0 heterocycles. The van der Waals surface area contributed by atoms with Crippen LogP contribution in [-0.4, -0.2) is 11.6 Å². The van der Waals surface area contributed by atoms with Crippen LogP contribution in [0.4, 0.5) is 10.1 Å². The van der Waals surface area contributed by atoms with Gasteiger partial charge in [-0.05, 0) is 48.5 Å². The first-order valence-corrected chi connectivity index (χ1v) is 8.05. The third-order valence-corrected chi connectivity index (χ3v) is 3.58. The first kappa shape index (κ1) is 17.4. The molecule has 0 saturated carbocycles. The number of carbonyl (C=O) groups excluding carboxylic acids is 1. The lowest BCUT2D eigenvalue weighted by Gasteiger charge is -2.06. The van der Waals surface area contributed by atoms with Crippen molar-refractivity contribution in [2.24, 2.45) is 10.7 Å². The molecule has 0 amide bonds. The summed E-state index contributed by atoms with van der Waals surface area (Å²) in [6, 6.07) is 21.8. The van der Waals surface area contributed by atoms with Gasteiger partial charge in [-0.2, -0.15) is 0 Å². The number of Topliss-reactive ketones (excluding diaryl/α,β-unsaturated/α-hetero) is 1. The van der Waals surface area contributed by atoms with E-state index in [9.17, 15) is 9.18 Å². The van der Waals surface area contributed by atoms with Crippen molar-refractivity contribution in [1.82, 2.24) is 0 Å². The quantitative estimate of drug-likeness (QED) is 0.392. The summed E-state index contributed by atoms with van der Waals surface area (Å²) in [4.78, 5) is 16.4. The molecule has 2 N–H and O–H groups in total. The fourth-order valence-electron chi connectivity index (χ4n) is 2.35. The standard InChI is InChI=1S/C21H17FN2O2/c22-16-11-9-15(10-12-16)20(25)14-21(23)24-17-5-4-8-19(13-17)26-18-6-2-1-3-7-18/h1-13H,14H2,(H2,23,24). The largest absolute Gasteiger partial charge is 0.457 e. The van der Waals surface area contributed by atoms with Gasteiger partial charge < -0.3 is 10.5 Å². The van der Waals surface area contributed by atoms with Gasteiger partial charge in [0.05, 0.1) is 12.1 Å². The Morgan fingerprint density at radius 1 is 0.923 bits per heavy atom. The van der Waals surface area contributed by atoms with Gasteiger partial charge in [0.2, 0.25) is 0 Å². The smallest absolute Gasteiger partial charge is 0.170 e. The molecule has 0 bridgehead atoms. The van der Waals surface area contributed by atoms with Crippen LogP contribution in [0.5, 0.6) is 11.5 Å². The van der Waals surface area contributed by atoms with E-state index in [2.05, 4.69) is 4.99 Å². The number of benzene rings is 3. The first-order chi connectivity index (χ1) is 12.6.